The molecule has 2 amide bonds. The number of carbonyl (C=O) groups excluding carboxylic acids is 3. The lowest BCUT2D eigenvalue weighted by Gasteiger charge is -2.03. The van der Waals surface area contributed by atoms with Gasteiger partial charge in [-0.2, -0.15) is 0 Å². The highest BCUT2D eigenvalue weighted by Gasteiger charge is 2.24. The van der Waals surface area contributed by atoms with Crippen LogP contribution >= 0.6 is 0 Å². The lowest BCUT2D eigenvalue weighted by molar-refractivity contribution is -0.115. The normalized spacial score (nSPS) is 13.5. The van der Waals surface area contributed by atoms with Crippen LogP contribution in [0.15, 0.2) is 36.4 Å². The number of nitrogens with one attached hydrogen (secondary N) is 2. The summed E-state index contributed by atoms with van der Waals surface area (Å²) >= 11 is 0. The third kappa shape index (κ3) is 3.64. The van der Waals surface area contributed by atoms with Gasteiger partial charge in [-0.3, -0.25) is 9.59 Å². The quantitative estimate of drug-likeness (QED) is 0.696. The highest BCUT2D eigenvalue weighted by molar-refractivity contribution is 6.05. The van der Waals surface area contributed by atoms with Crippen LogP contribution < -0.4 is 10.6 Å². The summed E-state index contributed by atoms with van der Waals surface area (Å²) in [5.41, 5.74) is 3.30. The first kappa shape index (κ1) is 18.1. The Morgan fingerprint density at radius 2 is 1.37 bits per heavy atom. The number of hydrogen-bond donors (Lipinski definition) is 3. The van der Waals surface area contributed by atoms with Crippen LogP contribution in [-0.4, -0.2) is 36.0 Å². The molecule has 0 atom stereocenters. The second-order valence-corrected chi connectivity index (χ2v) is 5.91. The number of esters is 1. The molecule has 0 bridgehead atoms. The Balaban J connectivity index is 0.000000156. The maximum atomic E-state index is 11.3. The van der Waals surface area contributed by atoms with Gasteiger partial charge in [-0.05, 0) is 35.4 Å². The van der Waals surface area contributed by atoms with Crippen LogP contribution in [0, 0.1) is 0 Å². The molecule has 2 aliphatic rings. The molecule has 0 unspecified atom stereocenters. The summed E-state index contributed by atoms with van der Waals surface area (Å²) in [6.07, 6.45) is 0.415. The van der Waals surface area contributed by atoms with Crippen molar-refractivity contribution in [3.63, 3.8) is 0 Å². The van der Waals surface area contributed by atoms with Gasteiger partial charge in [0.1, 0.15) is 0 Å². The van der Waals surface area contributed by atoms with Gasteiger partial charge in [0.15, 0.2) is 0 Å². The summed E-state index contributed by atoms with van der Waals surface area (Å²) in [5, 5.41) is 14.1. The van der Waals surface area contributed by atoms with Gasteiger partial charge < -0.3 is 20.5 Å². The van der Waals surface area contributed by atoms with E-state index in [0.29, 0.717) is 22.5 Å². The molecular weight excluding hydrogens is 352 g/mol. The van der Waals surface area contributed by atoms with E-state index in [1.807, 2.05) is 0 Å². The van der Waals surface area contributed by atoms with Crippen molar-refractivity contribution in [2.45, 2.75) is 12.8 Å². The molecule has 2 aromatic rings. The Bertz CT molecular complexity index is 967. The second kappa shape index (κ2) is 7.28. The highest BCUT2D eigenvalue weighted by atomic mass is 16.5. The Morgan fingerprint density at radius 3 is 1.85 bits per heavy atom. The molecule has 2 aliphatic heterocycles. The van der Waals surface area contributed by atoms with Crippen molar-refractivity contribution >= 4 is 35.1 Å². The zero-order chi connectivity index (χ0) is 19.6. The van der Waals surface area contributed by atoms with Gasteiger partial charge in [0.05, 0.1) is 31.1 Å². The van der Waals surface area contributed by atoms with E-state index in [0.717, 1.165) is 5.56 Å². The number of fused-ring (bicyclic) bond motifs is 2. The lowest BCUT2D eigenvalue weighted by atomic mass is 10.1. The molecule has 2 heterocycles. The summed E-state index contributed by atoms with van der Waals surface area (Å²) in [5.74, 6) is -1.63. The van der Waals surface area contributed by atoms with Crippen molar-refractivity contribution < 1.29 is 29.0 Å². The molecule has 0 saturated heterocycles. The van der Waals surface area contributed by atoms with Crippen molar-refractivity contribution in [3.8, 4) is 0 Å². The summed E-state index contributed by atoms with van der Waals surface area (Å²) in [4.78, 5) is 44.1. The highest BCUT2D eigenvalue weighted by Crippen LogP contribution is 2.27. The molecule has 0 fully saturated rings. The number of benzene rings is 2. The molecule has 2 aromatic carbocycles. The van der Waals surface area contributed by atoms with Crippen LogP contribution in [0.25, 0.3) is 0 Å². The van der Waals surface area contributed by atoms with E-state index in [-0.39, 0.29) is 30.2 Å². The predicted molar refractivity (Wildman–Crippen MR) is 95.9 cm³/mol. The molecule has 0 saturated carbocycles. The molecule has 0 radical (unpaired) electrons. The molecule has 0 aliphatic carbocycles. The monoisotopic (exact) mass is 368 g/mol. The number of amides is 2. The first-order chi connectivity index (χ1) is 12.9. The molecule has 138 valence electrons. The number of ether oxygens (including phenoxy) is 1. The fourth-order valence-corrected chi connectivity index (χ4v) is 3.00. The third-order valence-corrected chi connectivity index (χ3v) is 4.21. The van der Waals surface area contributed by atoms with Crippen molar-refractivity contribution in [3.05, 3.63) is 58.7 Å². The molecule has 0 spiro atoms. The maximum Gasteiger partial charge on any atom is 0.338 e. The van der Waals surface area contributed by atoms with Crippen molar-refractivity contribution in [1.29, 1.82) is 0 Å². The average Bonchev–Trinajstić information content (AvgIpc) is 3.21. The number of hydrogen-bond acceptors (Lipinski definition) is 5. The molecule has 8 nitrogen and oxygen atoms in total. The smallest absolute Gasteiger partial charge is 0.338 e. The van der Waals surface area contributed by atoms with Gasteiger partial charge in [-0.25, -0.2) is 9.59 Å². The largest absolute Gasteiger partial charge is 0.478 e. The van der Waals surface area contributed by atoms with E-state index in [9.17, 15) is 19.2 Å². The number of rotatable bonds is 2. The van der Waals surface area contributed by atoms with Gasteiger partial charge in [0, 0.05) is 11.4 Å². The maximum absolute atomic E-state index is 11.3. The standard InChI is InChI=1S/C10H9NO3.C9H7NO3/c1-14-10(13)6-3-2-4-8-7(6)5-9(12)11-8;11-8-4-6-5(9(12)13)2-1-3-7(6)10-8/h2-4H,5H2,1H3,(H,11,12);1-3H,4H2,(H,10,11)(H,12,13). The van der Waals surface area contributed by atoms with E-state index >= 15 is 0 Å². The Hall–Kier alpha value is -3.68. The summed E-state index contributed by atoms with van der Waals surface area (Å²) < 4.78 is 4.62. The number of methoxy groups -OCH3 is 1. The average molecular weight is 368 g/mol. The third-order valence-electron chi connectivity index (χ3n) is 4.21. The first-order valence-electron chi connectivity index (χ1n) is 8.05. The minimum atomic E-state index is -0.992. The van der Waals surface area contributed by atoms with Gasteiger partial charge in [0.2, 0.25) is 11.8 Å². The van der Waals surface area contributed by atoms with E-state index in [4.69, 9.17) is 5.11 Å². The number of aromatic carboxylic acids is 1. The van der Waals surface area contributed by atoms with Crippen LogP contribution in [0.5, 0.6) is 0 Å². The number of carboxylic acids is 1. The number of carboxylic acid groups (broad SMARTS) is 1. The van der Waals surface area contributed by atoms with Crippen molar-refractivity contribution in [2.75, 3.05) is 17.7 Å². The molecule has 3 N–H and O–H groups in total. The predicted octanol–water partition coefficient (Wildman–Crippen LogP) is 1.85. The van der Waals surface area contributed by atoms with Crippen molar-refractivity contribution in [2.24, 2.45) is 0 Å². The number of carbonyl (C=O) groups is 4. The van der Waals surface area contributed by atoms with E-state index < -0.39 is 11.9 Å². The SMILES string of the molecule is COC(=O)c1cccc2c1CC(=O)N2.O=C1Cc2c(cccc2C(=O)O)N1. The van der Waals surface area contributed by atoms with Gasteiger partial charge in [-0.1, -0.05) is 12.1 Å². The van der Waals surface area contributed by atoms with E-state index in [1.54, 1.807) is 30.3 Å². The van der Waals surface area contributed by atoms with Crippen LogP contribution in [0.3, 0.4) is 0 Å². The minimum absolute atomic E-state index is 0.0867. The molecule has 8 heteroatoms. The zero-order valence-corrected chi connectivity index (χ0v) is 14.4. The van der Waals surface area contributed by atoms with E-state index in [1.165, 1.54) is 13.2 Å². The summed E-state index contributed by atoms with van der Waals surface area (Å²) in [7, 11) is 1.33. The molecule has 0 aromatic heterocycles. The first-order valence-corrected chi connectivity index (χ1v) is 8.05. The zero-order valence-electron chi connectivity index (χ0n) is 14.4. The van der Waals surface area contributed by atoms with Gasteiger partial charge in [-0.15, -0.1) is 0 Å². The van der Waals surface area contributed by atoms with Gasteiger partial charge >= 0.3 is 11.9 Å². The lowest BCUT2D eigenvalue weighted by Crippen LogP contribution is -2.05. The summed E-state index contributed by atoms with van der Waals surface area (Å²) in [6.45, 7) is 0. The van der Waals surface area contributed by atoms with E-state index in [2.05, 4.69) is 15.4 Å². The summed E-state index contributed by atoms with van der Waals surface area (Å²) in [6, 6.07) is 9.97. The Labute approximate surface area is 154 Å². The van der Waals surface area contributed by atoms with Gasteiger partial charge in [0.25, 0.3) is 0 Å². The Morgan fingerprint density at radius 1 is 0.889 bits per heavy atom. The number of anilines is 2. The van der Waals surface area contributed by atoms with Crippen LogP contribution in [0.2, 0.25) is 0 Å². The van der Waals surface area contributed by atoms with Crippen LogP contribution in [-0.2, 0) is 27.2 Å². The fourth-order valence-electron chi connectivity index (χ4n) is 3.00. The van der Waals surface area contributed by atoms with Crippen molar-refractivity contribution in [1.82, 2.24) is 0 Å². The molecule has 4 rings (SSSR count). The molecule has 27 heavy (non-hydrogen) atoms. The van der Waals surface area contributed by atoms with Crippen LogP contribution in [0.4, 0.5) is 11.4 Å². The fraction of sp³-hybridized carbons (Fsp3) is 0.158. The Kier molecular flexibility index (Phi) is 4.89. The van der Waals surface area contributed by atoms with Crippen LogP contribution in [0.1, 0.15) is 31.8 Å². The molecular formula is C19H16N2O6. The second-order valence-electron chi connectivity index (χ2n) is 5.91. The minimum Gasteiger partial charge on any atom is -0.478 e. The topological polar surface area (TPSA) is 122 Å².